The third kappa shape index (κ3) is 5.31. The summed E-state index contributed by atoms with van der Waals surface area (Å²) in [6.45, 7) is 3.38. The lowest BCUT2D eigenvalue weighted by atomic mass is 10.2. The molecule has 0 radical (unpaired) electrons. The first kappa shape index (κ1) is 19.9. The Kier molecular flexibility index (Phi) is 5.96. The normalized spacial score (nSPS) is 13.1. The van der Waals surface area contributed by atoms with Crippen LogP contribution in [0.5, 0.6) is 0 Å². The molecule has 1 atom stereocenters. The van der Waals surface area contributed by atoms with Crippen molar-refractivity contribution >= 4 is 33.0 Å². The van der Waals surface area contributed by atoms with Crippen molar-refractivity contribution in [2.45, 2.75) is 19.9 Å². The zero-order valence-corrected chi connectivity index (χ0v) is 16.5. The molecule has 0 aliphatic carbocycles. The first-order valence-electron chi connectivity index (χ1n) is 8.85. The van der Waals surface area contributed by atoms with E-state index in [4.69, 9.17) is 4.42 Å². The number of sulfonamides is 1. The van der Waals surface area contributed by atoms with Gasteiger partial charge < -0.3 is 9.73 Å². The molecule has 3 rings (SSSR count). The minimum absolute atomic E-state index is 0.356. The number of amides is 1. The number of rotatable bonds is 7. The Morgan fingerprint density at radius 3 is 2.57 bits per heavy atom. The van der Waals surface area contributed by atoms with Gasteiger partial charge in [-0.05, 0) is 37.6 Å². The maximum absolute atomic E-state index is 12.1. The smallest absolute Gasteiger partial charge is 0.235 e. The number of nitrogens with one attached hydrogen (secondary N) is 2. The van der Waals surface area contributed by atoms with Gasteiger partial charge in [0.25, 0.3) is 0 Å². The first-order valence-corrected chi connectivity index (χ1v) is 10.4. The fourth-order valence-corrected chi connectivity index (χ4v) is 3.40. The minimum atomic E-state index is -3.72. The van der Waals surface area contributed by atoms with Gasteiger partial charge in [-0.2, -0.15) is 0 Å². The predicted octanol–water partition coefficient (Wildman–Crippen LogP) is 3.51. The van der Waals surface area contributed by atoms with Crippen molar-refractivity contribution in [2.24, 2.45) is 0 Å². The molecule has 1 amide bonds. The monoisotopic (exact) mass is 398 g/mol. The SMILES string of the molecule is Cc1ccc(/C=C/S(=O)(=O)NCC(=O)NC(C)c2cc3ccccc3o2)cc1. The van der Waals surface area contributed by atoms with Gasteiger partial charge in [-0.15, -0.1) is 0 Å². The predicted molar refractivity (Wildman–Crippen MR) is 110 cm³/mol. The largest absolute Gasteiger partial charge is 0.459 e. The van der Waals surface area contributed by atoms with E-state index in [1.54, 1.807) is 6.92 Å². The molecule has 0 bridgehead atoms. The van der Waals surface area contributed by atoms with Gasteiger partial charge in [-0.3, -0.25) is 4.79 Å². The van der Waals surface area contributed by atoms with E-state index in [2.05, 4.69) is 10.0 Å². The quantitative estimate of drug-likeness (QED) is 0.637. The summed E-state index contributed by atoms with van der Waals surface area (Å²) in [5.41, 5.74) is 2.59. The van der Waals surface area contributed by atoms with E-state index in [0.717, 1.165) is 27.5 Å². The minimum Gasteiger partial charge on any atom is -0.459 e. The van der Waals surface area contributed by atoms with Crippen molar-refractivity contribution in [3.05, 3.63) is 76.9 Å². The lowest BCUT2D eigenvalue weighted by Gasteiger charge is -2.11. The molecule has 1 heterocycles. The Hall–Kier alpha value is -2.90. The van der Waals surface area contributed by atoms with E-state index in [0.29, 0.717) is 5.76 Å². The molecule has 1 aromatic heterocycles. The highest BCUT2D eigenvalue weighted by atomic mass is 32.2. The molecule has 0 fully saturated rings. The van der Waals surface area contributed by atoms with Crippen molar-refractivity contribution in [3.8, 4) is 0 Å². The highest BCUT2D eigenvalue weighted by molar-refractivity contribution is 7.92. The molecule has 1 unspecified atom stereocenters. The number of aryl methyl sites for hydroxylation is 1. The summed E-state index contributed by atoms with van der Waals surface area (Å²) in [5, 5.41) is 4.72. The molecule has 146 valence electrons. The van der Waals surface area contributed by atoms with Crippen LogP contribution >= 0.6 is 0 Å². The van der Waals surface area contributed by atoms with Crippen molar-refractivity contribution in [3.63, 3.8) is 0 Å². The summed E-state index contributed by atoms with van der Waals surface area (Å²) >= 11 is 0. The fourth-order valence-electron chi connectivity index (χ4n) is 2.64. The Morgan fingerprint density at radius 2 is 1.86 bits per heavy atom. The number of para-hydroxylation sites is 1. The number of benzene rings is 2. The highest BCUT2D eigenvalue weighted by Crippen LogP contribution is 2.23. The van der Waals surface area contributed by atoms with E-state index >= 15 is 0 Å². The van der Waals surface area contributed by atoms with Crippen molar-refractivity contribution in [1.29, 1.82) is 0 Å². The van der Waals surface area contributed by atoms with Crippen LogP contribution in [0.3, 0.4) is 0 Å². The van der Waals surface area contributed by atoms with E-state index in [1.165, 1.54) is 6.08 Å². The summed E-state index contributed by atoms with van der Waals surface area (Å²) in [6.07, 6.45) is 1.48. The van der Waals surface area contributed by atoms with E-state index < -0.39 is 15.9 Å². The molecule has 2 aromatic carbocycles. The van der Waals surface area contributed by atoms with Crippen LogP contribution in [0, 0.1) is 6.92 Å². The molecule has 0 aliphatic rings. The van der Waals surface area contributed by atoms with Crippen LogP contribution in [0.15, 0.2) is 64.4 Å². The Bertz CT molecular complexity index is 1070. The number of hydrogen-bond acceptors (Lipinski definition) is 4. The number of furan rings is 1. The lowest BCUT2D eigenvalue weighted by Crippen LogP contribution is -2.37. The Morgan fingerprint density at radius 1 is 1.14 bits per heavy atom. The number of carbonyl (C=O) groups is 1. The molecule has 3 aromatic rings. The maximum Gasteiger partial charge on any atom is 0.235 e. The average molecular weight is 398 g/mol. The first-order chi connectivity index (χ1) is 13.3. The zero-order chi connectivity index (χ0) is 20.1. The van der Waals surface area contributed by atoms with Gasteiger partial charge in [-0.1, -0.05) is 48.0 Å². The summed E-state index contributed by atoms with van der Waals surface area (Å²) < 4.78 is 32.1. The Labute approximate surface area is 164 Å². The zero-order valence-electron chi connectivity index (χ0n) is 15.7. The van der Waals surface area contributed by atoms with Gasteiger partial charge in [0.05, 0.1) is 12.6 Å². The van der Waals surface area contributed by atoms with Gasteiger partial charge in [0, 0.05) is 10.8 Å². The molecule has 0 saturated carbocycles. The molecule has 28 heavy (non-hydrogen) atoms. The third-order valence-electron chi connectivity index (χ3n) is 4.20. The van der Waals surface area contributed by atoms with Crippen LogP contribution in [-0.2, 0) is 14.8 Å². The molecule has 6 nitrogen and oxygen atoms in total. The molecule has 0 aliphatic heterocycles. The van der Waals surface area contributed by atoms with Gasteiger partial charge in [0.2, 0.25) is 15.9 Å². The lowest BCUT2D eigenvalue weighted by molar-refractivity contribution is -0.120. The van der Waals surface area contributed by atoms with Crippen molar-refractivity contribution < 1.29 is 17.6 Å². The number of hydrogen-bond donors (Lipinski definition) is 2. The van der Waals surface area contributed by atoms with Crippen LogP contribution in [0.1, 0.15) is 29.9 Å². The van der Waals surface area contributed by atoms with E-state index in [-0.39, 0.29) is 12.6 Å². The number of fused-ring (bicyclic) bond motifs is 1. The van der Waals surface area contributed by atoms with E-state index in [1.807, 2.05) is 61.5 Å². The van der Waals surface area contributed by atoms with Crippen LogP contribution < -0.4 is 10.0 Å². The second kappa shape index (κ2) is 8.41. The standard InChI is InChI=1S/C21H22N2O4S/c1-15-7-9-17(10-8-15)11-12-28(25,26)22-14-21(24)23-16(2)20-13-18-5-3-4-6-19(18)27-20/h3-13,16,22H,14H2,1-2H3,(H,23,24)/b12-11+. The highest BCUT2D eigenvalue weighted by Gasteiger charge is 2.15. The topological polar surface area (TPSA) is 88.4 Å². The summed E-state index contributed by atoms with van der Waals surface area (Å²) in [4.78, 5) is 12.1. The molecule has 2 N–H and O–H groups in total. The molecule has 0 spiro atoms. The number of carbonyl (C=O) groups excluding carboxylic acids is 1. The fraction of sp³-hybridized carbons (Fsp3) is 0.190. The second-order valence-corrected chi connectivity index (χ2v) is 8.21. The summed E-state index contributed by atoms with van der Waals surface area (Å²) in [7, 11) is -3.72. The van der Waals surface area contributed by atoms with Gasteiger partial charge in [0.1, 0.15) is 11.3 Å². The average Bonchev–Trinajstić information content (AvgIpc) is 3.11. The molecule has 7 heteroatoms. The van der Waals surface area contributed by atoms with Crippen molar-refractivity contribution in [2.75, 3.05) is 6.54 Å². The van der Waals surface area contributed by atoms with Crippen LogP contribution in [0.25, 0.3) is 17.0 Å². The third-order valence-corrected chi connectivity index (χ3v) is 5.24. The van der Waals surface area contributed by atoms with E-state index in [9.17, 15) is 13.2 Å². The van der Waals surface area contributed by atoms with Gasteiger partial charge >= 0.3 is 0 Å². The Balaban J connectivity index is 1.54. The van der Waals surface area contributed by atoms with Gasteiger partial charge in [0.15, 0.2) is 0 Å². The maximum atomic E-state index is 12.1. The van der Waals surface area contributed by atoms with Crippen LogP contribution in [-0.4, -0.2) is 20.9 Å². The van der Waals surface area contributed by atoms with Crippen LogP contribution in [0.4, 0.5) is 0 Å². The van der Waals surface area contributed by atoms with Crippen LogP contribution in [0.2, 0.25) is 0 Å². The summed E-state index contributed by atoms with van der Waals surface area (Å²) in [5.74, 6) is 0.164. The molecule has 0 saturated heterocycles. The summed E-state index contributed by atoms with van der Waals surface area (Å²) in [6, 6.07) is 16.5. The molecular weight excluding hydrogens is 376 g/mol. The molecular formula is C21H22N2O4S. The van der Waals surface area contributed by atoms with Crippen molar-refractivity contribution in [1.82, 2.24) is 10.0 Å². The van der Waals surface area contributed by atoms with Gasteiger partial charge in [-0.25, -0.2) is 13.1 Å². The second-order valence-electron chi connectivity index (χ2n) is 6.56.